The molecule has 0 aromatic heterocycles. The van der Waals surface area contributed by atoms with E-state index in [0.29, 0.717) is 11.5 Å². The lowest BCUT2D eigenvalue weighted by atomic mass is 9.64. The Morgan fingerprint density at radius 1 is 1.19 bits per heavy atom. The van der Waals surface area contributed by atoms with E-state index in [0.717, 1.165) is 25.3 Å². The van der Waals surface area contributed by atoms with Crippen molar-refractivity contribution in [2.75, 3.05) is 13.6 Å². The van der Waals surface area contributed by atoms with Gasteiger partial charge in [0.25, 0.3) is 0 Å². The highest BCUT2D eigenvalue weighted by molar-refractivity contribution is 5.80. The first-order chi connectivity index (χ1) is 10.3. The lowest BCUT2D eigenvalue weighted by molar-refractivity contribution is 0.243. The zero-order valence-corrected chi connectivity index (χ0v) is 12.8. The maximum Gasteiger partial charge on any atom is 0.191 e. The first-order valence-electron chi connectivity index (χ1n) is 8.00. The van der Waals surface area contributed by atoms with Crippen LogP contribution in [0.25, 0.3) is 0 Å². The second kappa shape index (κ2) is 6.33. The summed E-state index contributed by atoms with van der Waals surface area (Å²) in [7, 11) is 1.85. The molecule has 0 radical (unpaired) electrons. The summed E-state index contributed by atoms with van der Waals surface area (Å²) in [5.74, 6) is 0.936. The van der Waals surface area contributed by atoms with Crippen LogP contribution in [0.3, 0.4) is 0 Å². The minimum absolute atomic E-state index is 0.298. The van der Waals surface area contributed by atoms with Gasteiger partial charge in [-0.15, -0.1) is 0 Å². The summed E-state index contributed by atoms with van der Waals surface area (Å²) in [4.78, 5) is 4.37. The fraction of sp³-hybridized carbons (Fsp3) is 0.500. The van der Waals surface area contributed by atoms with E-state index in [1.807, 2.05) is 7.05 Å². The van der Waals surface area contributed by atoms with Gasteiger partial charge in [-0.25, -0.2) is 0 Å². The quantitative estimate of drug-likeness (QED) is 0.506. The molecule has 21 heavy (non-hydrogen) atoms. The lowest BCUT2D eigenvalue weighted by Crippen LogP contribution is -2.50. The zero-order chi connectivity index (χ0) is 14.5. The van der Waals surface area contributed by atoms with Gasteiger partial charge in [0.1, 0.15) is 0 Å². The fourth-order valence-corrected chi connectivity index (χ4v) is 3.34. The monoisotopic (exact) mass is 283 g/mol. The number of guanidine groups is 1. The molecule has 0 bridgehead atoms. The topological polar surface area (TPSA) is 36.4 Å². The Hall–Kier alpha value is -1.77. The van der Waals surface area contributed by atoms with Crippen LogP contribution in [0.5, 0.6) is 0 Å². The molecule has 1 saturated carbocycles. The van der Waals surface area contributed by atoms with Gasteiger partial charge in [0, 0.05) is 25.0 Å². The third-order valence-electron chi connectivity index (χ3n) is 4.86. The second-order valence-corrected chi connectivity index (χ2v) is 6.21. The van der Waals surface area contributed by atoms with E-state index in [2.05, 4.69) is 58.1 Å². The van der Waals surface area contributed by atoms with E-state index in [4.69, 9.17) is 0 Å². The van der Waals surface area contributed by atoms with Gasteiger partial charge >= 0.3 is 0 Å². The van der Waals surface area contributed by atoms with Gasteiger partial charge in [-0.2, -0.15) is 0 Å². The van der Waals surface area contributed by atoms with Crippen molar-refractivity contribution in [3.63, 3.8) is 0 Å². The highest BCUT2D eigenvalue weighted by Gasteiger charge is 2.38. The lowest BCUT2D eigenvalue weighted by Gasteiger charge is -2.43. The molecule has 0 atom stereocenters. The molecule has 112 valence electrons. The van der Waals surface area contributed by atoms with Crippen LogP contribution < -0.4 is 10.6 Å². The first kappa shape index (κ1) is 14.2. The average Bonchev–Trinajstić information content (AvgIpc) is 2.99. The molecule has 0 amide bonds. The van der Waals surface area contributed by atoms with E-state index in [-0.39, 0.29) is 0 Å². The van der Waals surface area contributed by atoms with Gasteiger partial charge in [-0.05, 0) is 31.2 Å². The first-order valence-corrected chi connectivity index (χ1v) is 8.00. The summed E-state index contributed by atoms with van der Waals surface area (Å²) in [5, 5.41) is 7.06. The summed E-state index contributed by atoms with van der Waals surface area (Å²) in [6, 6.07) is 11.4. The summed E-state index contributed by atoms with van der Waals surface area (Å²) in [6.07, 6.45) is 10.5. The van der Waals surface area contributed by atoms with E-state index in [9.17, 15) is 0 Å². The van der Waals surface area contributed by atoms with Crippen LogP contribution in [0.2, 0.25) is 0 Å². The van der Waals surface area contributed by atoms with Crippen LogP contribution in [-0.2, 0) is 5.41 Å². The van der Waals surface area contributed by atoms with Crippen molar-refractivity contribution < 1.29 is 0 Å². The Bertz CT molecular complexity index is 507. The molecule has 0 heterocycles. The third kappa shape index (κ3) is 3.12. The molecule has 0 aliphatic heterocycles. The van der Waals surface area contributed by atoms with Crippen LogP contribution in [-0.4, -0.2) is 25.6 Å². The highest BCUT2D eigenvalue weighted by atomic mass is 15.2. The smallest absolute Gasteiger partial charge is 0.191 e. The molecule has 0 spiro atoms. The van der Waals surface area contributed by atoms with Crippen LogP contribution in [0, 0.1) is 0 Å². The summed E-state index contributed by atoms with van der Waals surface area (Å²) < 4.78 is 0. The minimum Gasteiger partial charge on any atom is -0.356 e. The van der Waals surface area contributed by atoms with E-state index in [1.54, 1.807) is 0 Å². The van der Waals surface area contributed by atoms with Gasteiger partial charge in [0.15, 0.2) is 5.96 Å². The van der Waals surface area contributed by atoms with Crippen molar-refractivity contribution in [3.05, 3.63) is 48.0 Å². The van der Waals surface area contributed by atoms with Crippen molar-refractivity contribution in [1.82, 2.24) is 10.6 Å². The molecule has 2 N–H and O–H groups in total. The number of nitrogens with one attached hydrogen (secondary N) is 2. The molecule has 2 aliphatic carbocycles. The number of aliphatic imine (C=N–C) groups is 1. The van der Waals surface area contributed by atoms with Crippen LogP contribution >= 0.6 is 0 Å². The predicted octanol–water partition coefficient (Wildman–Crippen LogP) is 2.99. The van der Waals surface area contributed by atoms with Crippen molar-refractivity contribution >= 4 is 5.96 Å². The van der Waals surface area contributed by atoms with Crippen LogP contribution in [0.15, 0.2) is 47.5 Å². The van der Waals surface area contributed by atoms with Crippen molar-refractivity contribution in [1.29, 1.82) is 0 Å². The van der Waals surface area contributed by atoms with Gasteiger partial charge in [0.2, 0.25) is 0 Å². The SMILES string of the molecule is CN=C(NCC1(c2ccccc2)CCC1)NC1CC=CC1. The minimum atomic E-state index is 0.298. The number of hydrogen-bond donors (Lipinski definition) is 2. The average molecular weight is 283 g/mol. The third-order valence-corrected chi connectivity index (χ3v) is 4.86. The zero-order valence-electron chi connectivity index (χ0n) is 12.8. The molecule has 3 nitrogen and oxygen atoms in total. The maximum atomic E-state index is 4.37. The largest absolute Gasteiger partial charge is 0.356 e. The number of benzene rings is 1. The molecule has 3 heteroatoms. The molecule has 2 aliphatic rings. The van der Waals surface area contributed by atoms with Crippen molar-refractivity contribution in [3.8, 4) is 0 Å². The molecule has 1 fully saturated rings. The number of nitrogens with zero attached hydrogens (tertiary/aromatic N) is 1. The van der Waals surface area contributed by atoms with Gasteiger partial charge < -0.3 is 10.6 Å². The Morgan fingerprint density at radius 3 is 2.48 bits per heavy atom. The second-order valence-electron chi connectivity index (χ2n) is 6.21. The Morgan fingerprint density at radius 2 is 1.90 bits per heavy atom. The molecule has 1 aromatic rings. The van der Waals surface area contributed by atoms with Gasteiger partial charge in [-0.3, -0.25) is 4.99 Å². The van der Waals surface area contributed by atoms with Crippen molar-refractivity contribution in [2.24, 2.45) is 4.99 Å². The summed E-state index contributed by atoms with van der Waals surface area (Å²) in [5.41, 5.74) is 1.76. The van der Waals surface area contributed by atoms with Crippen LogP contribution in [0.1, 0.15) is 37.7 Å². The van der Waals surface area contributed by atoms with Crippen LogP contribution in [0.4, 0.5) is 0 Å². The molecular weight excluding hydrogens is 258 g/mol. The number of hydrogen-bond acceptors (Lipinski definition) is 1. The highest BCUT2D eigenvalue weighted by Crippen LogP contribution is 2.43. The molecule has 3 rings (SSSR count). The van der Waals surface area contributed by atoms with Gasteiger partial charge in [0.05, 0.1) is 0 Å². The molecule has 0 saturated heterocycles. The normalized spacial score (nSPS) is 21.1. The molecular formula is C18H25N3. The predicted molar refractivity (Wildman–Crippen MR) is 88.6 cm³/mol. The van der Waals surface area contributed by atoms with Gasteiger partial charge in [-0.1, -0.05) is 48.9 Å². The van der Waals surface area contributed by atoms with E-state index >= 15 is 0 Å². The van der Waals surface area contributed by atoms with E-state index in [1.165, 1.54) is 24.8 Å². The molecule has 0 unspecified atom stereocenters. The summed E-state index contributed by atoms with van der Waals surface area (Å²) in [6.45, 7) is 0.969. The maximum absolute atomic E-state index is 4.37. The number of rotatable bonds is 4. The Balaban J connectivity index is 1.59. The molecule has 1 aromatic carbocycles. The van der Waals surface area contributed by atoms with E-state index < -0.39 is 0 Å². The fourth-order valence-electron chi connectivity index (χ4n) is 3.34. The Labute approximate surface area is 127 Å². The summed E-state index contributed by atoms with van der Waals surface area (Å²) >= 11 is 0. The Kier molecular flexibility index (Phi) is 4.28. The standard InChI is InChI=1S/C18H25N3/c1-19-17(21-16-10-5-6-11-16)20-14-18(12-7-13-18)15-8-3-2-4-9-15/h2-6,8-9,16H,7,10-14H2,1H3,(H2,19,20,21). The van der Waals surface area contributed by atoms with Crippen molar-refractivity contribution in [2.45, 2.75) is 43.6 Å².